The first-order valence-corrected chi connectivity index (χ1v) is 7.17. The molecule has 1 aliphatic carbocycles. The van der Waals surface area contributed by atoms with Crippen LogP contribution in [0.25, 0.3) is 0 Å². The van der Waals surface area contributed by atoms with Crippen molar-refractivity contribution < 1.29 is 0 Å². The summed E-state index contributed by atoms with van der Waals surface area (Å²) in [6, 6.07) is 2.47. The Kier molecular flexibility index (Phi) is 4.26. The summed E-state index contributed by atoms with van der Waals surface area (Å²) in [5.74, 6) is 1.01. The molecule has 0 aromatic heterocycles. The monoisotopic (exact) mass is 224 g/mol. The van der Waals surface area contributed by atoms with Crippen LogP contribution in [0.1, 0.15) is 52.4 Å². The maximum atomic E-state index is 3.69. The summed E-state index contributed by atoms with van der Waals surface area (Å²) in [4.78, 5) is 2.56. The molecule has 0 spiro atoms. The van der Waals surface area contributed by atoms with Crippen LogP contribution in [0.15, 0.2) is 0 Å². The Bertz CT molecular complexity index is 213. The largest absolute Gasteiger partial charge is 0.314 e. The SMILES string of the molecule is CCCCC1C(CC(C)NCC2CC2)N1C. The zero-order valence-corrected chi connectivity index (χ0v) is 11.2. The van der Waals surface area contributed by atoms with E-state index in [0.29, 0.717) is 6.04 Å². The number of rotatable bonds is 8. The van der Waals surface area contributed by atoms with Crippen molar-refractivity contribution in [3.8, 4) is 0 Å². The highest BCUT2D eigenvalue weighted by atomic mass is 15.3. The summed E-state index contributed by atoms with van der Waals surface area (Å²) in [6.07, 6.45) is 8.41. The van der Waals surface area contributed by atoms with E-state index >= 15 is 0 Å². The minimum atomic E-state index is 0.708. The van der Waals surface area contributed by atoms with Crippen molar-refractivity contribution in [1.29, 1.82) is 0 Å². The average molecular weight is 224 g/mol. The summed E-state index contributed by atoms with van der Waals surface area (Å²) in [7, 11) is 2.29. The van der Waals surface area contributed by atoms with Crippen molar-refractivity contribution in [3.05, 3.63) is 0 Å². The molecule has 0 aromatic carbocycles. The van der Waals surface area contributed by atoms with Gasteiger partial charge in [-0.2, -0.15) is 0 Å². The molecule has 2 heteroatoms. The molecule has 1 saturated heterocycles. The van der Waals surface area contributed by atoms with Gasteiger partial charge in [-0.15, -0.1) is 0 Å². The number of nitrogens with one attached hydrogen (secondary N) is 1. The predicted molar refractivity (Wildman–Crippen MR) is 69.7 cm³/mol. The van der Waals surface area contributed by atoms with Crippen LogP contribution < -0.4 is 5.32 Å². The Morgan fingerprint density at radius 3 is 2.69 bits per heavy atom. The van der Waals surface area contributed by atoms with Gasteiger partial charge in [-0.25, -0.2) is 0 Å². The van der Waals surface area contributed by atoms with Crippen molar-refractivity contribution in [1.82, 2.24) is 10.2 Å². The Balaban J connectivity index is 1.57. The van der Waals surface area contributed by atoms with E-state index in [9.17, 15) is 0 Å². The summed E-state index contributed by atoms with van der Waals surface area (Å²) >= 11 is 0. The lowest BCUT2D eigenvalue weighted by Gasteiger charge is -2.12. The second-order valence-corrected chi connectivity index (χ2v) is 5.93. The van der Waals surface area contributed by atoms with Gasteiger partial charge in [0.15, 0.2) is 0 Å². The van der Waals surface area contributed by atoms with Gasteiger partial charge < -0.3 is 5.32 Å². The molecular formula is C14H28N2. The lowest BCUT2D eigenvalue weighted by molar-refractivity contribution is 0.464. The van der Waals surface area contributed by atoms with Gasteiger partial charge in [0.2, 0.25) is 0 Å². The van der Waals surface area contributed by atoms with E-state index in [0.717, 1.165) is 18.0 Å². The van der Waals surface area contributed by atoms with Crippen LogP contribution in [0.5, 0.6) is 0 Å². The van der Waals surface area contributed by atoms with Crippen LogP contribution in [-0.2, 0) is 0 Å². The third kappa shape index (κ3) is 3.46. The molecule has 1 saturated carbocycles. The summed E-state index contributed by atoms with van der Waals surface area (Å²) < 4.78 is 0. The summed E-state index contributed by atoms with van der Waals surface area (Å²) in [5.41, 5.74) is 0. The number of hydrogen-bond acceptors (Lipinski definition) is 2. The van der Waals surface area contributed by atoms with Crippen LogP contribution in [0.4, 0.5) is 0 Å². The highest BCUT2D eigenvalue weighted by Gasteiger charge is 2.43. The fraction of sp³-hybridized carbons (Fsp3) is 1.00. The molecule has 1 aliphatic heterocycles. The van der Waals surface area contributed by atoms with Gasteiger partial charge in [0.05, 0.1) is 0 Å². The topological polar surface area (TPSA) is 15.0 Å². The molecule has 0 aromatic rings. The van der Waals surface area contributed by atoms with Crippen LogP contribution in [0.3, 0.4) is 0 Å². The van der Waals surface area contributed by atoms with Crippen LogP contribution >= 0.6 is 0 Å². The molecule has 0 bridgehead atoms. The first-order chi connectivity index (χ1) is 7.72. The van der Waals surface area contributed by atoms with E-state index in [4.69, 9.17) is 0 Å². The van der Waals surface area contributed by atoms with E-state index < -0.39 is 0 Å². The zero-order chi connectivity index (χ0) is 11.5. The lowest BCUT2D eigenvalue weighted by Crippen LogP contribution is -2.29. The molecule has 94 valence electrons. The Labute approximate surface area is 101 Å². The van der Waals surface area contributed by atoms with E-state index in [-0.39, 0.29) is 0 Å². The predicted octanol–water partition coefficient (Wildman–Crippen LogP) is 2.64. The molecular weight excluding hydrogens is 196 g/mol. The molecule has 1 N–H and O–H groups in total. The third-order valence-electron chi connectivity index (χ3n) is 4.30. The highest BCUT2D eigenvalue weighted by Crippen LogP contribution is 2.34. The smallest absolute Gasteiger partial charge is 0.0266 e. The third-order valence-corrected chi connectivity index (χ3v) is 4.30. The van der Waals surface area contributed by atoms with E-state index in [2.05, 4.69) is 31.1 Å². The second kappa shape index (κ2) is 5.50. The van der Waals surface area contributed by atoms with Gasteiger partial charge in [-0.3, -0.25) is 4.90 Å². The van der Waals surface area contributed by atoms with Gasteiger partial charge in [-0.05, 0) is 52.1 Å². The van der Waals surface area contributed by atoms with Crippen molar-refractivity contribution in [3.63, 3.8) is 0 Å². The number of hydrogen-bond donors (Lipinski definition) is 1. The Morgan fingerprint density at radius 1 is 1.31 bits per heavy atom. The Morgan fingerprint density at radius 2 is 2.06 bits per heavy atom. The van der Waals surface area contributed by atoms with Crippen LogP contribution in [0, 0.1) is 5.92 Å². The molecule has 2 aliphatic rings. The molecule has 0 amide bonds. The van der Waals surface area contributed by atoms with E-state index in [1.54, 1.807) is 0 Å². The fourth-order valence-electron chi connectivity index (χ4n) is 2.74. The fourth-order valence-corrected chi connectivity index (χ4v) is 2.74. The van der Waals surface area contributed by atoms with Crippen molar-refractivity contribution in [2.75, 3.05) is 13.6 Å². The van der Waals surface area contributed by atoms with Gasteiger partial charge in [0.1, 0.15) is 0 Å². The van der Waals surface area contributed by atoms with Crippen LogP contribution in [-0.4, -0.2) is 36.6 Å². The number of likely N-dealkylation sites (N-methyl/N-ethyl adjacent to an activating group) is 1. The molecule has 2 fully saturated rings. The quantitative estimate of drug-likeness (QED) is 0.638. The van der Waals surface area contributed by atoms with E-state index in [1.807, 2.05) is 0 Å². The zero-order valence-electron chi connectivity index (χ0n) is 11.2. The van der Waals surface area contributed by atoms with Gasteiger partial charge >= 0.3 is 0 Å². The maximum Gasteiger partial charge on any atom is 0.0266 e. The normalized spacial score (nSPS) is 35.1. The van der Waals surface area contributed by atoms with Gasteiger partial charge in [-0.1, -0.05) is 19.8 Å². The van der Waals surface area contributed by atoms with Crippen molar-refractivity contribution >= 4 is 0 Å². The lowest BCUT2D eigenvalue weighted by atomic mass is 10.1. The number of nitrogens with zero attached hydrogens (tertiary/aromatic N) is 1. The van der Waals surface area contributed by atoms with E-state index in [1.165, 1.54) is 45.1 Å². The number of unbranched alkanes of at least 4 members (excludes halogenated alkanes) is 1. The Hall–Kier alpha value is -0.0800. The van der Waals surface area contributed by atoms with Gasteiger partial charge in [0.25, 0.3) is 0 Å². The molecule has 4 atom stereocenters. The standard InChI is InChI=1S/C14H28N2/c1-4-5-6-13-14(16(13)3)9-11(2)15-10-12-7-8-12/h11-15H,4-10H2,1-3H3. The van der Waals surface area contributed by atoms with Gasteiger partial charge in [0, 0.05) is 18.1 Å². The summed E-state index contributed by atoms with van der Waals surface area (Å²) in [5, 5.41) is 3.69. The second-order valence-electron chi connectivity index (χ2n) is 5.93. The minimum Gasteiger partial charge on any atom is -0.314 e. The summed E-state index contributed by atoms with van der Waals surface area (Å²) in [6.45, 7) is 5.90. The van der Waals surface area contributed by atoms with Crippen molar-refractivity contribution in [2.45, 2.75) is 70.5 Å². The minimum absolute atomic E-state index is 0.708. The maximum absolute atomic E-state index is 3.69. The molecule has 16 heavy (non-hydrogen) atoms. The molecule has 4 unspecified atom stereocenters. The first-order valence-electron chi connectivity index (χ1n) is 7.17. The highest BCUT2D eigenvalue weighted by molar-refractivity contribution is 5.00. The van der Waals surface area contributed by atoms with Crippen molar-refractivity contribution in [2.24, 2.45) is 5.92 Å². The molecule has 0 radical (unpaired) electrons. The molecule has 1 heterocycles. The molecule has 2 nitrogen and oxygen atoms in total. The average Bonchev–Trinajstić information content (AvgIpc) is 3.15. The first kappa shape index (κ1) is 12.4. The van der Waals surface area contributed by atoms with Crippen LogP contribution in [0.2, 0.25) is 0 Å². The molecule has 2 rings (SSSR count).